The topological polar surface area (TPSA) is 16.4 Å². The summed E-state index contributed by atoms with van der Waals surface area (Å²) in [5.74, 6) is 0. The van der Waals surface area contributed by atoms with Gasteiger partial charge in [-0.05, 0) is 143 Å². The molecule has 69 heavy (non-hydrogen) atoms. The average molecular weight is 882 g/mol. The molecule has 0 bridgehead atoms. The third kappa shape index (κ3) is 4.91. The third-order valence-corrected chi connectivity index (χ3v) is 16.7. The van der Waals surface area contributed by atoms with Gasteiger partial charge in [-0.15, -0.1) is 0 Å². The van der Waals surface area contributed by atoms with Crippen LogP contribution in [0.3, 0.4) is 0 Å². The number of rotatable bonds is 4. The van der Waals surface area contributed by atoms with Crippen LogP contribution in [0.5, 0.6) is 0 Å². The first-order valence-corrected chi connectivity index (χ1v) is 24.4. The van der Waals surface area contributed by atoms with Crippen molar-refractivity contribution < 1.29 is 4.42 Å². The predicted octanol–water partition coefficient (Wildman–Crippen LogP) is 17.7. The van der Waals surface area contributed by atoms with Crippen LogP contribution in [0.1, 0.15) is 72.2 Å². The first kappa shape index (κ1) is 38.9. The molecule has 0 N–H and O–H groups in total. The molecular formula is C67H47NO. The molecule has 0 saturated heterocycles. The van der Waals surface area contributed by atoms with Crippen LogP contribution in [0.2, 0.25) is 0 Å². The summed E-state index contributed by atoms with van der Waals surface area (Å²) in [6.45, 7) is 9.54. The minimum atomic E-state index is -0.579. The van der Waals surface area contributed by atoms with E-state index in [1.807, 2.05) is 0 Å². The fourth-order valence-corrected chi connectivity index (χ4v) is 13.6. The van der Waals surface area contributed by atoms with E-state index in [9.17, 15) is 0 Å². The molecule has 1 heterocycles. The zero-order chi connectivity index (χ0) is 46.0. The molecule has 0 radical (unpaired) electrons. The molecule has 0 amide bonds. The number of para-hydroxylation sites is 1. The predicted molar refractivity (Wildman–Crippen MR) is 285 cm³/mol. The van der Waals surface area contributed by atoms with E-state index in [0.717, 1.165) is 39.0 Å². The first-order chi connectivity index (χ1) is 33.7. The lowest BCUT2D eigenvalue weighted by Crippen LogP contribution is -2.26. The molecule has 1 aromatic heterocycles. The lowest BCUT2D eigenvalue weighted by atomic mass is 9.70. The van der Waals surface area contributed by atoms with Gasteiger partial charge in [0.1, 0.15) is 11.2 Å². The molecule has 11 aromatic rings. The van der Waals surface area contributed by atoms with Gasteiger partial charge < -0.3 is 9.32 Å². The molecule has 2 heteroatoms. The largest absolute Gasteiger partial charge is 0.456 e. The van der Waals surface area contributed by atoms with Gasteiger partial charge in [-0.1, -0.05) is 191 Å². The van der Waals surface area contributed by atoms with Crippen LogP contribution in [-0.2, 0) is 16.2 Å². The van der Waals surface area contributed by atoms with Gasteiger partial charge in [0.25, 0.3) is 0 Å². The molecule has 1 spiro atoms. The lowest BCUT2D eigenvalue weighted by molar-refractivity contribution is 0.660. The molecule has 2 nitrogen and oxygen atoms in total. The van der Waals surface area contributed by atoms with Crippen molar-refractivity contribution in [1.29, 1.82) is 0 Å². The highest BCUT2D eigenvalue weighted by Gasteiger charge is 2.53. The van der Waals surface area contributed by atoms with Crippen LogP contribution in [0.25, 0.3) is 77.6 Å². The number of hydrogen-bond acceptors (Lipinski definition) is 2. The van der Waals surface area contributed by atoms with E-state index < -0.39 is 5.41 Å². The highest BCUT2D eigenvalue weighted by Crippen LogP contribution is 2.66. The third-order valence-electron chi connectivity index (χ3n) is 16.7. The highest BCUT2D eigenvalue weighted by molar-refractivity contribution is 6.19. The average Bonchev–Trinajstić information content (AvgIpc) is 4.12. The minimum absolute atomic E-state index is 0.162. The van der Waals surface area contributed by atoms with Crippen LogP contribution >= 0.6 is 0 Å². The smallest absolute Gasteiger partial charge is 0.136 e. The Hall–Kier alpha value is -8.20. The monoisotopic (exact) mass is 881 g/mol. The minimum Gasteiger partial charge on any atom is -0.456 e. The second-order valence-corrected chi connectivity index (χ2v) is 20.7. The molecule has 0 aliphatic heterocycles. The van der Waals surface area contributed by atoms with Gasteiger partial charge in [-0.2, -0.15) is 0 Å². The zero-order valence-corrected chi connectivity index (χ0v) is 39.1. The van der Waals surface area contributed by atoms with Crippen molar-refractivity contribution in [2.75, 3.05) is 4.90 Å². The van der Waals surface area contributed by atoms with Gasteiger partial charge in [0, 0.05) is 44.2 Å². The van der Waals surface area contributed by atoms with Crippen molar-refractivity contribution in [2.24, 2.45) is 0 Å². The Morgan fingerprint density at radius 1 is 0.319 bits per heavy atom. The summed E-state index contributed by atoms with van der Waals surface area (Å²) >= 11 is 0. The van der Waals surface area contributed by atoms with E-state index >= 15 is 0 Å². The quantitative estimate of drug-likeness (QED) is 0.175. The summed E-state index contributed by atoms with van der Waals surface area (Å²) in [4.78, 5) is 2.54. The van der Waals surface area contributed by atoms with Gasteiger partial charge in [0.2, 0.25) is 0 Å². The second kappa shape index (κ2) is 13.5. The molecule has 10 aromatic carbocycles. The standard InChI is InChI=1S/C67H47NO/c1-65(2)52-25-13-8-20-44(52)48-33-30-42(37-57(48)65)68(43-31-34-49-45-21-9-14-26-53(45)66(3,4)58(49)38-43)41-32-35-56-51(36-41)63-59(67(56)54-27-15-10-22-46(54)47-23-11-16-28-55(47)67)39-61-64(50-24-12-17-29-60(50)69-61)62(63)40-18-6-5-7-19-40/h5-39H,1-4H3. The van der Waals surface area contributed by atoms with E-state index in [0.29, 0.717) is 0 Å². The Balaban J connectivity index is 1.05. The van der Waals surface area contributed by atoms with Crippen LogP contribution in [0.15, 0.2) is 217 Å². The van der Waals surface area contributed by atoms with Crippen molar-refractivity contribution >= 4 is 39.0 Å². The normalized spacial score (nSPS) is 15.3. The molecule has 4 aliphatic carbocycles. The lowest BCUT2D eigenvalue weighted by Gasteiger charge is -2.32. The van der Waals surface area contributed by atoms with Crippen molar-refractivity contribution in [1.82, 2.24) is 0 Å². The highest BCUT2D eigenvalue weighted by atomic mass is 16.3. The number of benzene rings is 10. The summed E-state index contributed by atoms with van der Waals surface area (Å²) in [7, 11) is 0. The van der Waals surface area contributed by atoms with Crippen LogP contribution in [0.4, 0.5) is 17.1 Å². The zero-order valence-electron chi connectivity index (χ0n) is 39.1. The number of anilines is 3. The maximum Gasteiger partial charge on any atom is 0.136 e. The maximum absolute atomic E-state index is 6.94. The Kier molecular flexibility index (Phi) is 7.60. The van der Waals surface area contributed by atoms with Crippen molar-refractivity contribution in [3.8, 4) is 55.6 Å². The maximum atomic E-state index is 6.94. The molecule has 15 rings (SSSR count). The van der Waals surface area contributed by atoms with Crippen LogP contribution in [0, 0.1) is 0 Å². The SMILES string of the molecule is CC1(C)c2ccccc2-c2ccc(N(c3ccc4c(c3)-c3c(cc5oc6ccccc6c5c3-c3ccccc3)C43c4ccccc4-c4ccccc43)c3ccc4c(c3)C(C)(C)c3ccccc3-4)cc21. The first-order valence-electron chi connectivity index (χ1n) is 24.4. The van der Waals surface area contributed by atoms with E-state index in [1.165, 1.54) is 100 Å². The Bertz CT molecular complexity index is 3880. The molecule has 0 fully saturated rings. The van der Waals surface area contributed by atoms with E-state index in [1.54, 1.807) is 0 Å². The Morgan fingerprint density at radius 2 is 0.768 bits per heavy atom. The fraction of sp³-hybridized carbons (Fsp3) is 0.104. The van der Waals surface area contributed by atoms with Crippen LogP contribution < -0.4 is 4.90 Å². The van der Waals surface area contributed by atoms with Gasteiger partial charge >= 0.3 is 0 Å². The van der Waals surface area contributed by atoms with Crippen molar-refractivity contribution in [2.45, 2.75) is 43.9 Å². The summed E-state index contributed by atoms with van der Waals surface area (Å²) in [5, 5.41) is 2.28. The van der Waals surface area contributed by atoms with Gasteiger partial charge in [0.05, 0.1) is 5.41 Å². The molecular weight excluding hydrogens is 835 g/mol. The number of hydrogen-bond donors (Lipinski definition) is 0. The molecule has 4 aliphatic rings. The molecule has 0 atom stereocenters. The Morgan fingerprint density at radius 3 is 1.36 bits per heavy atom. The van der Waals surface area contributed by atoms with Gasteiger partial charge in [0.15, 0.2) is 0 Å². The molecule has 0 saturated carbocycles. The molecule has 326 valence electrons. The van der Waals surface area contributed by atoms with E-state index in [-0.39, 0.29) is 10.8 Å². The number of fused-ring (bicyclic) bond motifs is 19. The number of nitrogens with zero attached hydrogens (tertiary/aromatic N) is 1. The number of furan rings is 1. The van der Waals surface area contributed by atoms with Gasteiger partial charge in [-0.25, -0.2) is 0 Å². The molecule has 0 unspecified atom stereocenters. The summed E-state index contributed by atoms with van der Waals surface area (Å²) in [5.41, 5.74) is 27.7. The summed E-state index contributed by atoms with van der Waals surface area (Å²) < 4.78 is 6.94. The summed E-state index contributed by atoms with van der Waals surface area (Å²) in [6.07, 6.45) is 0. The van der Waals surface area contributed by atoms with Gasteiger partial charge in [-0.3, -0.25) is 0 Å². The van der Waals surface area contributed by atoms with E-state index in [2.05, 4.69) is 245 Å². The van der Waals surface area contributed by atoms with Crippen LogP contribution in [-0.4, -0.2) is 0 Å². The van der Waals surface area contributed by atoms with Crippen molar-refractivity contribution in [3.05, 3.63) is 257 Å². The van der Waals surface area contributed by atoms with E-state index in [4.69, 9.17) is 4.42 Å². The van der Waals surface area contributed by atoms with Crippen molar-refractivity contribution in [3.63, 3.8) is 0 Å². The fourth-order valence-electron chi connectivity index (χ4n) is 13.6. The summed E-state index contributed by atoms with van der Waals surface area (Å²) in [6, 6.07) is 79.9. The second-order valence-electron chi connectivity index (χ2n) is 20.7. The Labute approximate surface area is 402 Å².